The van der Waals surface area contributed by atoms with Crippen molar-refractivity contribution in [3.8, 4) is 11.5 Å². The largest absolute Gasteiger partial charge is 0.490 e. The van der Waals surface area contributed by atoms with Crippen LogP contribution in [0.1, 0.15) is 26.7 Å². The monoisotopic (exact) mass is 502 g/mol. The Hall–Kier alpha value is -1.26. The van der Waals surface area contributed by atoms with E-state index >= 15 is 0 Å². The smallest absolute Gasteiger partial charge is 0.251 e. The number of sulfone groups is 1. The Bertz CT molecular complexity index is 962. The van der Waals surface area contributed by atoms with Gasteiger partial charge < -0.3 is 14.4 Å². The first kappa shape index (κ1) is 21.0. The van der Waals surface area contributed by atoms with Crippen LogP contribution in [0.4, 0.5) is 5.69 Å². The van der Waals surface area contributed by atoms with Gasteiger partial charge in [-0.2, -0.15) is 4.99 Å². The highest BCUT2D eigenvalue weighted by Gasteiger charge is 2.50. The van der Waals surface area contributed by atoms with Gasteiger partial charge in [-0.3, -0.25) is 4.79 Å². The molecular formula is C19H23BrN2O5S2. The summed E-state index contributed by atoms with van der Waals surface area (Å²) in [6.45, 7) is 4.76. The molecule has 0 N–H and O–H groups in total. The standard InChI is InChI=1S/C19H23BrN2O5S2/c1-3-26-15-7-12(20)13(8-16(15)27-4-2)22-14-9-29(24,25)10-17(14)28-19(22)21-18(23)11-5-6-11/h7-8,11,14,17H,3-6,9-10H2,1-2H3/t14-,17-/m1/s1. The maximum absolute atomic E-state index is 12.4. The maximum Gasteiger partial charge on any atom is 0.251 e. The average Bonchev–Trinajstić information content (AvgIpc) is 3.39. The Morgan fingerprint density at radius 1 is 1.21 bits per heavy atom. The van der Waals surface area contributed by atoms with Crippen LogP contribution in [0.3, 0.4) is 0 Å². The predicted molar refractivity (Wildman–Crippen MR) is 118 cm³/mol. The summed E-state index contributed by atoms with van der Waals surface area (Å²) in [5.74, 6) is 1.23. The summed E-state index contributed by atoms with van der Waals surface area (Å²) in [6.07, 6.45) is 1.76. The normalized spacial score (nSPS) is 26.6. The molecule has 158 valence electrons. The first-order valence-electron chi connectivity index (χ1n) is 9.71. The molecule has 0 spiro atoms. The number of nitrogens with zero attached hydrogens (tertiary/aromatic N) is 2. The molecule has 4 rings (SSSR count). The summed E-state index contributed by atoms with van der Waals surface area (Å²) in [7, 11) is -3.13. The third-order valence-electron chi connectivity index (χ3n) is 5.07. The summed E-state index contributed by atoms with van der Waals surface area (Å²) in [5.41, 5.74) is 0.733. The molecular weight excluding hydrogens is 480 g/mol. The van der Waals surface area contributed by atoms with E-state index < -0.39 is 9.84 Å². The second-order valence-corrected chi connectivity index (χ2v) is 11.5. The van der Waals surface area contributed by atoms with Crippen molar-refractivity contribution in [2.24, 2.45) is 10.9 Å². The Kier molecular flexibility index (Phi) is 5.87. The lowest BCUT2D eigenvalue weighted by Gasteiger charge is -2.27. The maximum atomic E-state index is 12.4. The first-order chi connectivity index (χ1) is 13.8. The highest BCUT2D eigenvalue weighted by atomic mass is 79.9. The fourth-order valence-electron chi connectivity index (χ4n) is 3.61. The number of carbonyl (C=O) groups excluding carboxylic acids is 1. The van der Waals surface area contributed by atoms with Gasteiger partial charge in [0.25, 0.3) is 5.91 Å². The molecule has 7 nitrogen and oxygen atoms in total. The van der Waals surface area contributed by atoms with E-state index in [0.29, 0.717) is 29.9 Å². The predicted octanol–water partition coefficient (Wildman–Crippen LogP) is 3.26. The number of rotatable bonds is 6. The summed E-state index contributed by atoms with van der Waals surface area (Å²) < 4.78 is 36.7. The van der Waals surface area contributed by atoms with Gasteiger partial charge in [-0.1, -0.05) is 11.8 Å². The number of fused-ring (bicyclic) bond motifs is 1. The van der Waals surface area contributed by atoms with Gasteiger partial charge in [0.1, 0.15) is 0 Å². The SMILES string of the molecule is CCOc1cc(Br)c(N2C(=NC(=O)C3CC3)S[C@@H]3CS(=O)(=O)C[C@H]32)cc1OCC. The zero-order chi connectivity index (χ0) is 20.8. The molecule has 1 saturated carbocycles. The van der Waals surface area contributed by atoms with E-state index in [1.807, 2.05) is 30.9 Å². The van der Waals surface area contributed by atoms with Crippen LogP contribution in [0, 0.1) is 5.92 Å². The number of anilines is 1. The lowest BCUT2D eigenvalue weighted by atomic mass is 10.2. The Morgan fingerprint density at radius 3 is 2.48 bits per heavy atom. The lowest BCUT2D eigenvalue weighted by Crippen LogP contribution is -2.38. The number of hydrogen-bond donors (Lipinski definition) is 0. The average molecular weight is 503 g/mol. The number of benzene rings is 1. The number of amides is 1. The van der Waals surface area contributed by atoms with Crippen molar-refractivity contribution < 1.29 is 22.7 Å². The molecule has 0 unspecified atom stereocenters. The van der Waals surface area contributed by atoms with E-state index in [-0.39, 0.29) is 34.6 Å². The summed E-state index contributed by atoms with van der Waals surface area (Å²) in [5, 5.41) is 0.430. The minimum absolute atomic E-state index is 0.0110. The van der Waals surface area contributed by atoms with Crippen LogP contribution in [0.15, 0.2) is 21.6 Å². The number of carbonyl (C=O) groups is 1. The summed E-state index contributed by atoms with van der Waals surface area (Å²) >= 11 is 4.98. The molecule has 2 heterocycles. The van der Waals surface area contributed by atoms with E-state index in [9.17, 15) is 13.2 Å². The molecule has 2 atom stereocenters. The minimum Gasteiger partial charge on any atom is -0.490 e. The molecule has 10 heteroatoms. The topological polar surface area (TPSA) is 85.3 Å². The number of aliphatic imine (C=N–C) groups is 1. The number of amidine groups is 1. The molecule has 3 fully saturated rings. The van der Waals surface area contributed by atoms with Crippen LogP contribution in [-0.2, 0) is 14.6 Å². The third kappa shape index (κ3) is 4.29. The van der Waals surface area contributed by atoms with Gasteiger partial charge in [-0.25, -0.2) is 8.42 Å². The van der Waals surface area contributed by atoms with Crippen molar-refractivity contribution in [3.05, 3.63) is 16.6 Å². The molecule has 3 aliphatic rings. The van der Waals surface area contributed by atoms with Gasteiger partial charge in [-0.15, -0.1) is 0 Å². The molecule has 29 heavy (non-hydrogen) atoms. The molecule has 1 aromatic rings. The van der Waals surface area contributed by atoms with E-state index in [4.69, 9.17) is 9.47 Å². The van der Waals surface area contributed by atoms with Gasteiger partial charge in [0.05, 0.1) is 36.4 Å². The number of halogens is 1. The highest BCUT2D eigenvalue weighted by molar-refractivity contribution is 9.10. The van der Waals surface area contributed by atoms with Crippen molar-refractivity contribution in [2.45, 2.75) is 38.0 Å². The van der Waals surface area contributed by atoms with Crippen LogP contribution in [0.5, 0.6) is 11.5 Å². The van der Waals surface area contributed by atoms with E-state index in [2.05, 4.69) is 20.9 Å². The van der Waals surface area contributed by atoms with Gasteiger partial charge >= 0.3 is 0 Å². The highest BCUT2D eigenvalue weighted by Crippen LogP contribution is 2.46. The molecule has 1 aliphatic carbocycles. The van der Waals surface area contributed by atoms with Crippen molar-refractivity contribution in [2.75, 3.05) is 29.6 Å². The molecule has 1 aromatic carbocycles. The molecule has 0 radical (unpaired) electrons. The fraction of sp³-hybridized carbons (Fsp3) is 0.579. The summed E-state index contributed by atoms with van der Waals surface area (Å²) in [4.78, 5) is 18.6. The Labute approximate surface area is 183 Å². The van der Waals surface area contributed by atoms with Crippen molar-refractivity contribution in [3.63, 3.8) is 0 Å². The lowest BCUT2D eigenvalue weighted by molar-refractivity contribution is -0.118. The van der Waals surface area contributed by atoms with Gasteiger partial charge in [0, 0.05) is 27.8 Å². The zero-order valence-electron chi connectivity index (χ0n) is 16.3. The molecule has 0 bridgehead atoms. The van der Waals surface area contributed by atoms with E-state index in [1.165, 1.54) is 11.8 Å². The summed E-state index contributed by atoms with van der Waals surface area (Å²) in [6, 6.07) is 3.40. The molecule has 0 aromatic heterocycles. The fourth-order valence-corrected chi connectivity index (χ4v) is 8.03. The van der Waals surface area contributed by atoms with Crippen molar-refractivity contribution >= 4 is 54.3 Å². The zero-order valence-corrected chi connectivity index (χ0v) is 19.5. The first-order valence-corrected chi connectivity index (χ1v) is 13.2. The van der Waals surface area contributed by atoms with Crippen LogP contribution in [0.25, 0.3) is 0 Å². The van der Waals surface area contributed by atoms with Gasteiger partial charge in [0.2, 0.25) is 0 Å². The van der Waals surface area contributed by atoms with Gasteiger partial charge in [-0.05, 0) is 42.6 Å². The second-order valence-electron chi connectivity index (χ2n) is 7.29. The third-order valence-corrected chi connectivity index (χ3v) is 8.92. The van der Waals surface area contributed by atoms with E-state index in [1.54, 1.807) is 0 Å². The van der Waals surface area contributed by atoms with Crippen LogP contribution < -0.4 is 14.4 Å². The quantitative estimate of drug-likeness (QED) is 0.589. The van der Waals surface area contributed by atoms with E-state index in [0.717, 1.165) is 23.0 Å². The Morgan fingerprint density at radius 2 is 1.86 bits per heavy atom. The minimum atomic E-state index is -3.13. The molecule has 2 saturated heterocycles. The number of ether oxygens (including phenoxy) is 2. The number of thioether (sulfide) groups is 1. The van der Waals surface area contributed by atoms with Gasteiger partial charge in [0.15, 0.2) is 26.5 Å². The van der Waals surface area contributed by atoms with Crippen molar-refractivity contribution in [1.82, 2.24) is 0 Å². The van der Waals surface area contributed by atoms with Crippen LogP contribution >= 0.6 is 27.7 Å². The number of hydrogen-bond acceptors (Lipinski definition) is 6. The molecule has 1 amide bonds. The molecule has 2 aliphatic heterocycles. The second kappa shape index (κ2) is 8.11. The Balaban J connectivity index is 1.77. The van der Waals surface area contributed by atoms with Crippen LogP contribution in [0.2, 0.25) is 0 Å². The van der Waals surface area contributed by atoms with Crippen molar-refractivity contribution in [1.29, 1.82) is 0 Å². The van der Waals surface area contributed by atoms with Crippen LogP contribution in [-0.4, -0.2) is 55.5 Å².